The third-order valence-electron chi connectivity index (χ3n) is 3.15. The van der Waals surface area contributed by atoms with Gasteiger partial charge in [0.2, 0.25) is 0 Å². The van der Waals surface area contributed by atoms with Gasteiger partial charge in [-0.05, 0) is 36.7 Å². The van der Waals surface area contributed by atoms with Gasteiger partial charge in [-0.3, -0.25) is 16.0 Å². The zero-order valence-corrected chi connectivity index (χ0v) is 13.7. The maximum Gasteiger partial charge on any atom is 0.0798 e. The lowest BCUT2D eigenvalue weighted by Crippen LogP contribution is -2.30. The number of hydrazine groups is 1. The Morgan fingerprint density at radius 3 is 2.74 bits per heavy atom. The molecule has 19 heavy (non-hydrogen) atoms. The normalized spacial score (nSPS) is 12.9. The van der Waals surface area contributed by atoms with E-state index in [-0.39, 0.29) is 6.04 Å². The first-order valence-corrected chi connectivity index (χ1v) is 7.83. The summed E-state index contributed by atoms with van der Waals surface area (Å²) in [6.45, 7) is 6.95. The van der Waals surface area contributed by atoms with Gasteiger partial charge in [0, 0.05) is 17.8 Å². The van der Waals surface area contributed by atoms with Crippen LogP contribution in [0.1, 0.15) is 34.9 Å². The summed E-state index contributed by atoms with van der Waals surface area (Å²) in [5.41, 5.74) is 7.95. The van der Waals surface area contributed by atoms with Crippen molar-refractivity contribution in [3.8, 4) is 0 Å². The van der Waals surface area contributed by atoms with Crippen molar-refractivity contribution in [1.82, 2.24) is 20.2 Å². The molecule has 0 bridgehead atoms. The van der Waals surface area contributed by atoms with E-state index in [0.29, 0.717) is 0 Å². The summed E-state index contributed by atoms with van der Waals surface area (Å²) in [6, 6.07) is 0.0604. The van der Waals surface area contributed by atoms with E-state index in [1.807, 2.05) is 24.0 Å². The van der Waals surface area contributed by atoms with Crippen LogP contribution in [-0.4, -0.2) is 14.8 Å². The lowest BCUT2D eigenvalue weighted by molar-refractivity contribution is 0.519. The minimum atomic E-state index is 0.0604. The first kappa shape index (κ1) is 14.6. The Balaban J connectivity index is 2.31. The minimum Gasteiger partial charge on any atom is -0.271 e. The molecule has 2 heterocycles. The van der Waals surface area contributed by atoms with Gasteiger partial charge in [-0.2, -0.15) is 5.10 Å². The summed E-state index contributed by atoms with van der Waals surface area (Å²) >= 11 is 5.25. The van der Waals surface area contributed by atoms with Gasteiger partial charge in [0.25, 0.3) is 0 Å². The van der Waals surface area contributed by atoms with Crippen LogP contribution in [0.15, 0.2) is 9.98 Å². The number of nitrogens with two attached hydrogens (primary N) is 1. The molecule has 2 aromatic rings. The van der Waals surface area contributed by atoms with Crippen molar-refractivity contribution in [2.75, 3.05) is 0 Å². The van der Waals surface area contributed by atoms with E-state index in [9.17, 15) is 0 Å². The van der Waals surface area contributed by atoms with Crippen molar-refractivity contribution in [1.29, 1.82) is 0 Å². The maximum absolute atomic E-state index is 5.71. The Hall–Kier alpha value is -0.760. The first-order chi connectivity index (χ1) is 9.08. The summed E-state index contributed by atoms with van der Waals surface area (Å²) in [7, 11) is 0. The van der Waals surface area contributed by atoms with E-state index < -0.39 is 0 Å². The number of hydrogen-bond acceptors (Lipinski definition) is 5. The molecule has 3 N–H and O–H groups in total. The SMILES string of the molecule is CCn1nc(C)c(Br)c1CC(NN)c1scnc1C. The highest BCUT2D eigenvalue weighted by Crippen LogP contribution is 2.29. The molecule has 0 spiro atoms. The van der Waals surface area contributed by atoms with Crippen LogP contribution in [0.25, 0.3) is 0 Å². The van der Waals surface area contributed by atoms with Crippen LogP contribution in [0, 0.1) is 13.8 Å². The smallest absolute Gasteiger partial charge is 0.0798 e. The zero-order chi connectivity index (χ0) is 14.0. The second-order valence-corrected chi connectivity index (χ2v) is 6.07. The Morgan fingerprint density at radius 2 is 2.21 bits per heavy atom. The lowest BCUT2D eigenvalue weighted by Gasteiger charge is -2.16. The predicted molar refractivity (Wildman–Crippen MR) is 81.0 cm³/mol. The van der Waals surface area contributed by atoms with Gasteiger partial charge in [-0.1, -0.05) is 0 Å². The van der Waals surface area contributed by atoms with Crippen molar-refractivity contribution < 1.29 is 0 Å². The molecule has 0 radical (unpaired) electrons. The molecule has 0 aromatic carbocycles. The molecule has 5 nitrogen and oxygen atoms in total. The fourth-order valence-corrected chi connectivity index (χ4v) is 3.44. The van der Waals surface area contributed by atoms with E-state index in [4.69, 9.17) is 5.84 Å². The van der Waals surface area contributed by atoms with Gasteiger partial charge < -0.3 is 0 Å². The fourth-order valence-electron chi connectivity index (χ4n) is 2.13. The second kappa shape index (κ2) is 6.13. The third-order valence-corrected chi connectivity index (χ3v) is 5.23. The summed E-state index contributed by atoms with van der Waals surface area (Å²) in [4.78, 5) is 5.46. The fraction of sp³-hybridized carbons (Fsp3) is 0.500. The van der Waals surface area contributed by atoms with Crippen LogP contribution < -0.4 is 11.3 Å². The number of hydrogen-bond donors (Lipinski definition) is 2. The Morgan fingerprint density at radius 1 is 1.47 bits per heavy atom. The average Bonchev–Trinajstić information content (AvgIpc) is 2.93. The Labute approximate surface area is 125 Å². The molecular weight excluding hydrogens is 326 g/mol. The number of halogens is 1. The van der Waals surface area contributed by atoms with E-state index in [1.165, 1.54) is 4.88 Å². The van der Waals surface area contributed by atoms with E-state index in [0.717, 1.165) is 34.5 Å². The van der Waals surface area contributed by atoms with Crippen molar-refractivity contribution in [3.63, 3.8) is 0 Å². The van der Waals surface area contributed by atoms with Crippen molar-refractivity contribution in [2.45, 2.75) is 39.8 Å². The van der Waals surface area contributed by atoms with Crippen LogP contribution in [0.3, 0.4) is 0 Å². The molecule has 0 saturated heterocycles. The van der Waals surface area contributed by atoms with Crippen LogP contribution in [0.5, 0.6) is 0 Å². The van der Waals surface area contributed by atoms with Crippen molar-refractivity contribution >= 4 is 27.3 Å². The lowest BCUT2D eigenvalue weighted by atomic mass is 10.1. The maximum atomic E-state index is 5.71. The molecule has 0 aliphatic carbocycles. The highest BCUT2D eigenvalue weighted by atomic mass is 79.9. The molecule has 104 valence electrons. The Kier molecular flexibility index (Phi) is 4.72. The summed E-state index contributed by atoms with van der Waals surface area (Å²) in [5.74, 6) is 5.71. The van der Waals surface area contributed by atoms with Crippen molar-refractivity contribution in [2.24, 2.45) is 5.84 Å². The monoisotopic (exact) mass is 343 g/mol. The highest BCUT2D eigenvalue weighted by Gasteiger charge is 2.20. The number of thiazole rings is 1. The number of rotatable bonds is 5. The van der Waals surface area contributed by atoms with Gasteiger partial charge >= 0.3 is 0 Å². The van der Waals surface area contributed by atoms with E-state index in [2.05, 4.69) is 38.4 Å². The third kappa shape index (κ3) is 2.89. The molecule has 0 saturated carbocycles. The van der Waals surface area contributed by atoms with Gasteiger partial charge in [0.15, 0.2) is 0 Å². The highest BCUT2D eigenvalue weighted by molar-refractivity contribution is 9.10. The second-order valence-electron chi connectivity index (χ2n) is 4.39. The van der Waals surface area contributed by atoms with Gasteiger partial charge in [-0.15, -0.1) is 11.3 Å². The molecule has 1 unspecified atom stereocenters. The largest absolute Gasteiger partial charge is 0.271 e. The molecule has 0 fully saturated rings. The molecule has 2 rings (SSSR count). The van der Waals surface area contributed by atoms with E-state index in [1.54, 1.807) is 11.3 Å². The molecule has 0 aliphatic rings. The van der Waals surface area contributed by atoms with Crippen LogP contribution >= 0.6 is 27.3 Å². The van der Waals surface area contributed by atoms with Crippen molar-refractivity contribution in [3.05, 3.63) is 31.9 Å². The van der Waals surface area contributed by atoms with Crippen LogP contribution in [-0.2, 0) is 13.0 Å². The number of nitrogens with zero attached hydrogens (tertiary/aromatic N) is 3. The first-order valence-electron chi connectivity index (χ1n) is 6.16. The molecule has 0 amide bonds. The standard InChI is InChI=1S/C12H18BrN5S/c1-4-18-10(11(13)7(2)17-18)5-9(16-14)12-8(3)15-6-19-12/h6,9,16H,4-5,14H2,1-3H3. The van der Waals surface area contributed by atoms with E-state index >= 15 is 0 Å². The van der Waals surface area contributed by atoms with Crippen LogP contribution in [0.4, 0.5) is 0 Å². The predicted octanol–water partition coefficient (Wildman–Crippen LogP) is 2.49. The zero-order valence-electron chi connectivity index (χ0n) is 11.3. The molecule has 7 heteroatoms. The average molecular weight is 344 g/mol. The summed E-state index contributed by atoms with van der Waals surface area (Å²) < 4.78 is 3.08. The van der Waals surface area contributed by atoms with Gasteiger partial charge in [0.1, 0.15) is 0 Å². The Bertz CT molecular complexity index is 562. The summed E-state index contributed by atoms with van der Waals surface area (Å²) in [5, 5.41) is 4.51. The molecule has 0 aliphatic heterocycles. The van der Waals surface area contributed by atoms with Gasteiger partial charge in [-0.25, -0.2) is 4.98 Å². The number of aromatic nitrogens is 3. The number of nitrogens with one attached hydrogen (secondary N) is 1. The molecular formula is C12H18BrN5S. The van der Waals surface area contributed by atoms with Crippen LogP contribution in [0.2, 0.25) is 0 Å². The number of aryl methyl sites for hydroxylation is 3. The summed E-state index contributed by atoms with van der Waals surface area (Å²) in [6.07, 6.45) is 0.787. The van der Waals surface area contributed by atoms with Gasteiger partial charge in [0.05, 0.1) is 33.1 Å². The molecule has 2 aromatic heterocycles. The minimum absolute atomic E-state index is 0.0604. The molecule has 1 atom stereocenters. The topological polar surface area (TPSA) is 68.8 Å². The quantitative estimate of drug-likeness (QED) is 0.646.